The van der Waals surface area contributed by atoms with Crippen molar-refractivity contribution in [2.75, 3.05) is 10.6 Å². The lowest BCUT2D eigenvalue weighted by atomic mass is 9.69. The fraction of sp³-hybridized carbons (Fsp3) is 0.143. The molecule has 3 aromatic carbocycles. The molecule has 1 aliphatic rings. The van der Waals surface area contributed by atoms with Gasteiger partial charge in [0.1, 0.15) is 19.6 Å². The van der Waals surface area contributed by atoms with Crippen LogP contribution in [0.3, 0.4) is 0 Å². The molecule has 5 aromatic rings. The molecule has 1 unspecified atom stereocenters. The Morgan fingerprint density at radius 2 is 1.83 bits per heavy atom. The number of halogens is 5. The second-order valence-corrected chi connectivity index (χ2v) is 11.5. The first-order chi connectivity index (χ1) is 19.7. The summed E-state index contributed by atoms with van der Waals surface area (Å²) in [6.45, 7) is 0. The van der Waals surface area contributed by atoms with Gasteiger partial charge < -0.3 is 10.6 Å². The molecule has 41 heavy (non-hydrogen) atoms. The molecule has 2 heterocycles. The van der Waals surface area contributed by atoms with E-state index < -0.39 is 11.3 Å². The van der Waals surface area contributed by atoms with Gasteiger partial charge in [0.2, 0.25) is 0 Å². The zero-order valence-corrected chi connectivity index (χ0v) is 24.4. The van der Waals surface area contributed by atoms with Crippen molar-refractivity contribution >= 4 is 82.2 Å². The van der Waals surface area contributed by atoms with Crippen LogP contribution >= 0.6 is 46.4 Å². The van der Waals surface area contributed by atoms with Gasteiger partial charge in [-0.1, -0.05) is 69.8 Å². The molecule has 204 valence electrons. The maximum Gasteiger partial charge on any atom is 0.166 e. The average Bonchev–Trinajstić information content (AvgIpc) is 3.69. The number of nitriles is 1. The molecule has 0 amide bonds. The smallest absolute Gasteiger partial charge is 0.166 e. The van der Waals surface area contributed by atoms with Gasteiger partial charge in [-0.25, -0.2) is 9.07 Å². The minimum Gasteiger partial charge on any atom is -0.377 e. The molecule has 1 fully saturated rings. The summed E-state index contributed by atoms with van der Waals surface area (Å²) in [6, 6.07) is 16.4. The first-order valence-corrected chi connectivity index (χ1v) is 14.1. The number of nitrogens with one attached hydrogen (secondary N) is 2. The first-order valence-electron chi connectivity index (χ1n) is 12.6. The number of fused-ring (bicyclic) bond motifs is 1. The van der Waals surface area contributed by atoms with E-state index in [1.54, 1.807) is 12.1 Å². The van der Waals surface area contributed by atoms with E-state index in [0.29, 0.717) is 44.1 Å². The quantitative estimate of drug-likeness (QED) is 0.144. The van der Waals surface area contributed by atoms with Gasteiger partial charge in [-0.05, 0) is 48.7 Å². The van der Waals surface area contributed by atoms with Gasteiger partial charge in [0.15, 0.2) is 5.82 Å². The van der Waals surface area contributed by atoms with Crippen LogP contribution in [0.25, 0.3) is 10.9 Å². The van der Waals surface area contributed by atoms with Crippen molar-refractivity contribution in [1.82, 2.24) is 20.0 Å². The minimum absolute atomic E-state index is 0.0375. The van der Waals surface area contributed by atoms with E-state index in [1.807, 2.05) is 43.0 Å². The molecule has 7 nitrogen and oxygen atoms in total. The topological polar surface area (TPSA) is 91.5 Å². The van der Waals surface area contributed by atoms with Crippen molar-refractivity contribution in [3.63, 3.8) is 0 Å². The van der Waals surface area contributed by atoms with Gasteiger partial charge in [0.05, 0.1) is 55.2 Å². The SMILES string of the molecule is BC(Nc1cc(Cl)c2ncc(C#N)c(Nc3ccc(Cl)c(Cl)c3F)c2c1)(c1cn(C2CC2)nn1)c1ccccc1Cl. The van der Waals surface area contributed by atoms with Crippen molar-refractivity contribution in [1.29, 1.82) is 5.26 Å². The Balaban J connectivity index is 1.50. The Kier molecular flexibility index (Phi) is 7.20. The Labute approximate surface area is 255 Å². The second kappa shape index (κ2) is 10.7. The van der Waals surface area contributed by atoms with Crippen LogP contribution in [0, 0.1) is 17.1 Å². The summed E-state index contributed by atoms with van der Waals surface area (Å²) in [5.74, 6) is -0.751. The zero-order chi connectivity index (χ0) is 28.9. The molecule has 0 aliphatic heterocycles. The Morgan fingerprint density at radius 3 is 2.56 bits per heavy atom. The molecule has 1 aliphatic carbocycles. The molecule has 0 radical (unpaired) electrons. The van der Waals surface area contributed by atoms with Gasteiger partial charge >= 0.3 is 0 Å². The Hall–Kier alpha value is -3.55. The molecular weight excluding hydrogens is 606 g/mol. The summed E-state index contributed by atoms with van der Waals surface area (Å²) >= 11 is 25.4. The Morgan fingerprint density at radius 1 is 1.05 bits per heavy atom. The highest BCUT2D eigenvalue weighted by molar-refractivity contribution is 6.42. The largest absolute Gasteiger partial charge is 0.377 e. The summed E-state index contributed by atoms with van der Waals surface area (Å²) in [4.78, 5) is 4.40. The lowest BCUT2D eigenvalue weighted by Crippen LogP contribution is -2.38. The van der Waals surface area contributed by atoms with E-state index in [1.165, 1.54) is 18.3 Å². The minimum atomic E-state index is -0.924. The van der Waals surface area contributed by atoms with Crippen LogP contribution in [0.4, 0.5) is 21.5 Å². The molecule has 1 atom stereocenters. The van der Waals surface area contributed by atoms with Crippen LogP contribution < -0.4 is 10.6 Å². The molecule has 2 N–H and O–H groups in total. The predicted octanol–water partition coefficient (Wildman–Crippen LogP) is 7.48. The highest BCUT2D eigenvalue weighted by Gasteiger charge is 2.36. The third kappa shape index (κ3) is 5.06. The number of aromatic nitrogens is 4. The van der Waals surface area contributed by atoms with Crippen molar-refractivity contribution < 1.29 is 4.39 Å². The molecule has 2 aromatic heterocycles. The van der Waals surface area contributed by atoms with Crippen LogP contribution in [-0.4, -0.2) is 27.8 Å². The van der Waals surface area contributed by atoms with E-state index in [9.17, 15) is 9.65 Å². The van der Waals surface area contributed by atoms with Crippen LogP contribution in [0.15, 0.2) is 60.9 Å². The lowest BCUT2D eigenvalue weighted by Gasteiger charge is -2.32. The van der Waals surface area contributed by atoms with Crippen molar-refractivity contribution in [2.45, 2.75) is 24.3 Å². The standard InChI is InChI=1S/C28H19BCl4FN7/c29-28(18-3-1-2-4-19(18)30,23-13-41(40-39-23)16-5-6-16)38-15-9-17-26(14(11-35)12-36-27(17)21(32)10-15)37-22-8-7-20(31)24(33)25(22)34/h1-4,7-10,12-13,16,38H,5-6,29H2,(H,36,37). The molecule has 1 saturated carbocycles. The molecule has 0 spiro atoms. The molecular formula is C28H19BCl4FN7. The van der Waals surface area contributed by atoms with Crippen LogP contribution in [0.5, 0.6) is 0 Å². The highest BCUT2D eigenvalue weighted by Crippen LogP contribution is 2.41. The van der Waals surface area contributed by atoms with E-state index in [0.717, 1.165) is 18.4 Å². The number of nitrogens with zero attached hydrogens (tertiary/aromatic N) is 5. The van der Waals surface area contributed by atoms with Crippen molar-refractivity contribution in [2.24, 2.45) is 0 Å². The fourth-order valence-corrected chi connectivity index (χ4v) is 5.66. The maximum absolute atomic E-state index is 15.0. The molecule has 0 saturated heterocycles. The number of rotatable bonds is 7. The van der Waals surface area contributed by atoms with E-state index in [-0.39, 0.29) is 21.3 Å². The van der Waals surface area contributed by atoms with Crippen LogP contribution in [0.2, 0.25) is 20.1 Å². The average molecular weight is 625 g/mol. The van der Waals surface area contributed by atoms with Gasteiger partial charge in [0, 0.05) is 22.3 Å². The zero-order valence-electron chi connectivity index (χ0n) is 21.4. The summed E-state index contributed by atoms with van der Waals surface area (Å²) in [7, 11) is 1.96. The summed E-state index contributed by atoms with van der Waals surface area (Å²) in [5, 5.41) is 26.5. The second-order valence-electron chi connectivity index (χ2n) is 9.91. The van der Waals surface area contributed by atoms with E-state index in [4.69, 9.17) is 46.4 Å². The third-order valence-electron chi connectivity index (χ3n) is 7.09. The number of anilines is 3. The monoisotopic (exact) mass is 623 g/mol. The van der Waals surface area contributed by atoms with Gasteiger partial charge in [-0.3, -0.25) is 4.98 Å². The first kappa shape index (κ1) is 27.6. The summed E-state index contributed by atoms with van der Waals surface area (Å²) in [6.07, 6.45) is 5.42. The Bertz CT molecular complexity index is 1870. The normalized spacial score (nSPS) is 14.4. The number of benzene rings is 3. The van der Waals surface area contributed by atoms with Crippen LogP contribution in [0.1, 0.15) is 35.7 Å². The summed E-state index contributed by atoms with van der Waals surface area (Å²) in [5.41, 5.74) is 2.03. The number of hydrogen-bond acceptors (Lipinski definition) is 6. The predicted molar refractivity (Wildman–Crippen MR) is 164 cm³/mol. The van der Waals surface area contributed by atoms with E-state index in [2.05, 4.69) is 32.0 Å². The van der Waals surface area contributed by atoms with Crippen molar-refractivity contribution in [3.05, 3.63) is 104 Å². The van der Waals surface area contributed by atoms with Gasteiger partial charge in [-0.2, -0.15) is 5.26 Å². The van der Waals surface area contributed by atoms with Crippen molar-refractivity contribution in [3.8, 4) is 6.07 Å². The summed E-state index contributed by atoms with van der Waals surface area (Å²) < 4.78 is 16.9. The maximum atomic E-state index is 15.0. The van der Waals surface area contributed by atoms with Gasteiger partial charge in [-0.15, -0.1) is 5.10 Å². The molecule has 13 heteroatoms. The number of pyridine rings is 1. The van der Waals surface area contributed by atoms with E-state index >= 15 is 0 Å². The van der Waals surface area contributed by atoms with Crippen LogP contribution in [-0.2, 0) is 5.44 Å². The fourth-order valence-electron chi connectivity index (χ4n) is 4.76. The lowest BCUT2D eigenvalue weighted by molar-refractivity contribution is 0.610. The third-order valence-corrected chi connectivity index (χ3v) is 8.49. The molecule has 0 bridgehead atoms. The number of hydrogen-bond donors (Lipinski definition) is 2. The van der Waals surface area contributed by atoms with Gasteiger partial charge in [0.25, 0.3) is 0 Å². The highest BCUT2D eigenvalue weighted by atomic mass is 35.5. The molecule has 6 rings (SSSR count).